The lowest BCUT2D eigenvalue weighted by molar-refractivity contribution is -0.183. The lowest BCUT2D eigenvalue weighted by Crippen LogP contribution is -2.51. The Hall–Kier alpha value is -0.940. The van der Waals surface area contributed by atoms with Crippen LogP contribution in [0.2, 0.25) is 0 Å². The van der Waals surface area contributed by atoms with E-state index in [0.29, 0.717) is 13.1 Å². The SMILES string of the molecule is CN=C(N1CCC(C)CC1)N1CCC(C(F)(F)F)CC1. The third-order valence-corrected chi connectivity index (χ3v) is 4.51. The van der Waals surface area contributed by atoms with Crippen molar-refractivity contribution < 1.29 is 13.2 Å². The summed E-state index contributed by atoms with van der Waals surface area (Å²) in [5.74, 6) is 0.482. The Morgan fingerprint density at radius 3 is 1.80 bits per heavy atom. The van der Waals surface area contributed by atoms with Crippen LogP contribution in [0.5, 0.6) is 0 Å². The third-order valence-electron chi connectivity index (χ3n) is 4.51. The first-order valence-corrected chi connectivity index (χ1v) is 7.45. The van der Waals surface area contributed by atoms with Crippen molar-refractivity contribution in [2.24, 2.45) is 16.8 Å². The molecule has 2 heterocycles. The number of piperidine rings is 2. The molecule has 0 saturated carbocycles. The van der Waals surface area contributed by atoms with Gasteiger partial charge in [-0.2, -0.15) is 13.2 Å². The Balaban J connectivity index is 1.91. The molecule has 20 heavy (non-hydrogen) atoms. The maximum Gasteiger partial charge on any atom is 0.391 e. The minimum atomic E-state index is -4.05. The highest BCUT2D eigenvalue weighted by molar-refractivity contribution is 5.80. The molecule has 2 aliphatic rings. The summed E-state index contributed by atoms with van der Waals surface area (Å²) in [5.41, 5.74) is 0. The summed E-state index contributed by atoms with van der Waals surface area (Å²) in [6.45, 7) is 5.10. The van der Waals surface area contributed by atoms with Gasteiger partial charge < -0.3 is 9.80 Å². The van der Waals surface area contributed by atoms with E-state index >= 15 is 0 Å². The molecule has 116 valence electrons. The Morgan fingerprint density at radius 1 is 0.950 bits per heavy atom. The molecule has 0 atom stereocenters. The maximum absolute atomic E-state index is 12.7. The minimum Gasteiger partial charge on any atom is -0.343 e. The number of aliphatic imine (C=N–C) groups is 1. The Kier molecular flexibility index (Phi) is 4.81. The van der Waals surface area contributed by atoms with Gasteiger partial charge in [-0.3, -0.25) is 4.99 Å². The quantitative estimate of drug-likeness (QED) is 0.505. The van der Waals surface area contributed by atoms with Crippen LogP contribution in [0.4, 0.5) is 13.2 Å². The number of hydrogen-bond donors (Lipinski definition) is 0. The molecule has 0 bridgehead atoms. The zero-order chi connectivity index (χ0) is 14.8. The topological polar surface area (TPSA) is 18.8 Å². The van der Waals surface area contributed by atoms with Crippen molar-refractivity contribution in [3.63, 3.8) is 0 Å². The van der Waals surface area contributed by atoms with Crippen LogP contribution < -0.4 is 0 Å². The monoisotopic (exact) mass is 291 g/mol. The summed E-state index contributed by atoms with van der Waals surface area (Å²) >= 11 is 0. The molecule has 2 rings (SSSR count). The lowest BCUT2D eigenvalue weighted by atomic mass is 9.96. The Labute approximate surface area is 118 Å². The van der Waals surface area contributed by atoms with Gasteiger partial charge in [0.1, 0.15) is 0 Å². The molecule has 0 aromatic rings. The number of likely N-dealkylation sites (tertiary alicyclic amines) is 2. The molecule has 0 radical (unpaired) electrons. The summed E-state index contributed by atoms with van der Waals surface area (Å²) in [7, 11) is 1.74. The molecular weight excluding hydrogens is 267 g/mol. The number of guanidine groups is 1. The van der Waals surface area contributed by atoms with Crippen molar-refractivity contribution in [1.29, 1.82) is 0 Å². The van der Waals surface area contributed by atoms with Gasteiger partial charge in [0.25, 0.3) is 0 Å². The average Bonchev–Trinajstić information content (AvgIpc) is 2.41. The van der Waals surface area contributed by atoms with Crippen LogP contribution in [0.25, 0.3) is 0 Å². The van der Waals surface area contributed by atoms with E-state index in [9.17, 15) is 13.2 Å². The third kappa shape index (κ3) is 3.58. The molecule has 0 amide bonds. The summed E-state index contributed by atoms with van der Waals surface area (Å²) in [5, 5.41) is 0. The van der Waals surface area contributed by atoms with E-state index in [1.54, 1.807) is 7.05 Å². The van der Waals surface area contributed by atoms with Gasteiger partial charge in [-0.05, 0) is 31.6 Å². The van der Waals surface area contributed by atoms with Crippen LogP contribution in [-0.4, -0.2) is 55.2 Å². The van der Waals surface area contributed by atoms with Crippen molar-refractivity contribution >= 4 is 5.96 Å². The first-order valence-electron chi connectivity index (χ1n) is 7.45. The normalized spacial score (nSPS) is 24.4. The van der Waals surface area contributed by atoms with Crippen molar-refractivity contribution in [3.05, 3.63) is 0 Å². The molecule has 2 fully saturated rings. The maximum atomic E-state index is 12.7. The predicted octanol–water partition coefficient (Wildman–Crippen LogP) is 2.98. The average molecular weight is 291 g/mol. The van der Waals surface area contributed by atoms with Crippen molar-refractivity contribution in [3.8, 4) is 0 Å². The van der Waals surface area contributed by atoms with Crippen LogP contribution in [-0.2, 0) is 0 Å². The van der Waals surface area contributed by atoms with Gasteiger partial charge in [-0.1, -0.05) is 6.92 Å². The first-order chi connectivity index (χ1) is 9.41. The molecule has 0 aromatic carbocycles. The van der Waals surface area contributed by atoms with Crippen LogP contribution >= 0.6 is 0 Å². The molecule has 3 nitrogen and oxygen atoms in total. The molecule has 0 spiro atoms. The van der Waals surface area contributed by atoms with Crippen molar-refractivity contribution in [2.75, 3.05) is 33.2 Å². The highest BCUT2D eigenvalue weighted by Crippen LogP contribution is 2.34. The second kappa shape index (κ2) is 6.22. The van der Waals surface area contributed by atoms with Crippen LogP contribution in [0.15, 0.2) is 4.99 Å². The minimum absolute atomic E-state index is 0.187. The molecular formula is C14H24F3N3. The van der Waals surface area contributed by atoms with Crippen LogP contribution in [0, 0.1) is 11.8 Å². The van der Waals surface area contributed by atoms with E-state index in [0.717, 1.165) is 37.8 Å². The van der Waals surface area contributed by atoms with E-state index in [1.807, 2.05) is 4.90 Å². The smallest absolute Gasteiger partial charge is 0.343 e. The summed E-state index contributed by atoms with van der Waals surface area (Å²) < 4.78 is 38.1. The van der Waals surface area contributed by atoms with Gasteiger partial charge in [0.05, 0.1) is 5.92 Å². The van der Waals surface area contributed by atoms with Gasteiger partial charge >= 0.3 is 6.18 Å². The second-order valence-electron chi connectivity index (χ2n) is 6.00. The van der Waals surface area contributed by atoms with E-state index in [4.69, 9.17) is 0 Å². The Bertz CT molecular complexity index is 338. The summed E-state index contributed by atoms with van der Waals surface area (Å²) in [4.78, 5) is 8.59. The van der Waals surface area contributed by atoms with Gasteiger partial charge in [0.2, 0.25) is 0 Å². The van der Waals surface area contributed by atoms with E-state index < -0.39 is 12.1 Å². The fraction of sp³-hybridized carbons (Fsp3) is 0.929. The Morgan fingerprint density at radius 2 is 1.40 bits per heavy atom. The molecule has 6 heteroatoms. The number of hydrogen-bond acceptors (Lipinski definition) is 1. The molecule has 0 unspecified atom stereocenters. The number of halogens is 3. The summed E-state index contributed by atoms with van der Waals surface area (Å²) in [6, 6.07) is 0. The van der Waals surface area contributed by atoms with Gasteiger partial charge in [0.15, 0.2) is 5.96 Å². The molecule has 2 aliphatic heterocycles. The van der Waals surface area contributed by atoms with E-state index in [1.165, 1.54) is 0 Å². The van der Waals surface area contributed by atoms with E-state index in [2.05, 4.69) is 16.8 Å². The fourth-order valence-electron chi connectivity index (χ4n) is 3.10. The predicted molar refractivity (Wildman–Crippen MR) is 73.7 cm³/mol. The second-order valence-corrected chi connectivity index (χ2v) is 6.00. The van der Waals surface area contributed by atoms with E-state index in [-0.39, 0.29) is 12.8 Å². The van der Waals surface area contributed by atoms with Gasteiger partial charge in [0, 0.05) is 33.2 Å². The van der Waals surface area contributed by atoms with Gasteiger partial charge in [-0.25, -0.2) is 0 Å². The number of alkyl halides is 3. The molecule has 0 aliphatic carbocycles. The number of rotatable bonds is 0. The van der Waals surface area contributed by atoms with Crippen LogP contribution in [0.3, 0.4) is 0 Å². The molecule has 2 saturated heterocycles. The standard InChI is InChI=1S/C14H24F3N3/c1-11-3-7-19(8-4-11)13(18-2)20-9-5-12(6-10-20)14(15,16)17/h11-12H,3-10H2,1-2H3. The highest BCUT2D eigenvalue weighted by Gasteiger charge is 2.41. The van der Waals surface area contributed by atoms with Crippen molar-refractivity contribution in [1.82, 2.24) is 9.80 Å². The fourth-order valence-corrected chi connectivity index (χ4v) is 3.10. The van der Waals surface area contributed by atoms with Crippen molar-refractivity contribution in [2.45, 2.75) is 38.8 Å². The molecule has 0 N–H and O–H groups in total. The lowest BCUT2D eigenvalue weighted by Gasteiger charge is -2.41. The summed E-state index contributed by atoms with van der Waals surface area (Å²) in [6.07, 6.45) is -1.40. The largest absolute Gasteiger partial charge is 0.391 e. The zero-order valence-corrected chi connectivity index (χ0v) is 12.3. The molecule has 0 aromatic heterocycles. The van der Waals surface area contributed by atoms with Gasteiger partial charge in [-0.15, -0.1) is 0 Å². The first kappa shape index (κ1) is 15.4. The van der Waals surface area contributed by atoms with Crippen LogP contribution in [0.1, 0.15) is 32.6 Å². The highest BCUT2D eigenvalue weighted by atomic mass is 19.4. The zero-order valence-electron chi connectivity index (χ0n) is 12.3. The number of nitrogens with zero attached hydrogens (tertiary/aromatic N) is 3.